The first-order valence-electron chi connectivity index (χ1n) is 9.91. The van der Waals surface area contributed by atoms with Gasteiger partial charge in [0, 0.05) is 0 Å². The van der Waals surface area contributed by atoms with E-state index in [2.05, 4.69) is 0 Å². The number of fused-ring (bicyclic) bond motifs is 1. The summed E-state index contributed by atoms with van der Waals surface area (Å²) >= 11 is 6.11. The van der Waals surface area contributed by atoms with Crippen molar-refractivity contribution in [2.75, 3.05) is 4.72 Å². The van der Waals surface area contributed by atoms with Crippen molar-refractivity contribution in [3.05, 3.63) is 93.3 Å². The number of sulfonamides is 1. The summed E-state index contributed by atoms with van der Waals surface area (Å²) in [6, 6.07) is 11.4. The summed E-state index contributed by atoms with van der Waals surface area (Å²) in [6.07, 6.45) is -5.15. The van der Waals surface area contributed by atoms with E-state index in [1.807, 2.05) is 10.8 Å². The first kappa shape index (κ1) is 25.2. The Hall–Kier alpha value is -3.95. The molecule has 0 aromatic heterocycles. The van der Waals surface area contributed by atoms with Crippen LogP contribution in [0, 0.1) is 17.1 Å². The van der Waals surface area contributed by atoms with Crippen LogP contribution in [0.2, 0.25) is 5.02 Å². The van der Waals surface area contributed by atoms with Crippen molar-refractivity contribution < 1.29 is 35.6 Å². The average molecular weight is 538 g/mol. The Bertz CT molecular complexity index is 1580. The standard InChI is InChI=1S/C23H12ClF4N3O4S/c24-16-5-7-18(30-36(34,35)14-4-6-17(25)15(9-14)23(26,27)28)20-19(16)21(32)31(22(20)33)11-13-3-1-2-12(8-13)10-29/h1-9,30H,11H2. The molecule has 1 aliphatic heterocycles. The number of carbonyl (C=O) groups excluding carboxylic acids is 2. The Labute approximate surface area is 206 Å². The van der Waals surface area contributed by atoms with Gasteiger partial charge < -0.3 is 0 Å². The Balaban J connectivity index is 1.72. The van der Waals surface area contributed by atoms with Crippen molar-refractivity contribution in [2.24, 2.45) is 0 Å². The SMILES string of the molecule is N#Cc1cccc(CN2C(=O)c3c(Cl)ccc(NS(=O)(=O)c4ccc(F)c(C(F)(F)F)c4)c3C2=O)c1. The number of alkyl halides is 3. The minimum absolute atomic E-state index is 0.120. The van der Waals surface area contributed by atoms with Crippen LogP contribution in [0.4, 0.5) is 23.2 Å². The maximum absolute atomic E-state index is 13.6. The minimum Gasteiger partial charge on any atom is -0.279 e. The predicted molar refractivity (Wildman–Crippen MR) is 119 cm³/mol. The highest BCUT2D eigenvalue weighted by Crippen LogP contribution is 2.37. The molecule has 0 aliphatic carbocycles. The summed E-state index contributed by atoms with van der Waals surface area (Å²) in [5.74, 6) is -3.40. The number of carbonyl (C=O) groups is 2. The summed E-state index contributed by atoms with van der Waals surface area (Å²) < 4.78 is 80.4. The molecular formula is C23H12ClF4N3O4S. The number of hydrogen-bond acceptors (Lipinski definition) is 5. The van der Waals surface area contributed by atoms with Gasteiger partial charge in [0.15, 0.2) is 0 Å². The number of rotatable bonds is 5. The number of benzene rings is 3. The molecule has 2 amide bonds. The van der Waals surface area contributed by atoms with Gasteiger partial charge in [-0.1, -0.05) is 23.7 Å². The highest BCUT2D eigenvalue weighted by atomic mass is 35.5. The molecule has 0 radical (unpaired) electrons. The van der Waals surface area contributed by atoms with Crippen LogP contribution in [0.15, 0.2) is 59.5 Å². The number of amides is 2. The van der Waals surface area contributed by atoms with Gasteiger partial charge in [-0.3, -0.25) is 19.2 Å². The molecular weight excluding hydrogens is 526 g/mol. The number of imide groups is 1. The smallest absolute Gasteiger partial charge is 0.279 e. The van der Waals surface area contributed by atoms with E-state index < -0.39 is 55.5 Å². The Morgan fingerprint density at radius 1 is 1.00 bits per heavy atom. The molecule has 7 nitrogen and oxygen atoms in total. The lowest BCUT2D eigenvalue weighted by molar-refractivity contribution is -0.140. The van der Waals surface area contributed by atoms with Crippen molar-refractivity contribution in [1.82, 2.24) is 4.90 Å². The van der Waals surface area contributed by atoms with Gasteiger partial charge in [0.2, 0.25) is 0 Å². The zero-order valence-electron chi connectivity index (χ0n) is 17.7. The van der Waals surface area contributed by atoms with E-state index in [0.717, 1.165) is 17.0 Å². The van der Waals surface area contributed by atoms with Crippen molar-refractivity contribution in [2.45, 2.75) is 17.6 Å². The van der Waals surface area contributed by atoms with Crippen molar-refractivity contribution >= 4 is 39.1 Å². The quantitative estimate of drug-likeness (QED) is 0.365. The first-order valence-corrected chi connectivity index (χ1v) is 11.8. The van der Waals surface area contributed by atoms with Gasteiger partial charge in [0.1, 0.15) is 5.82 Å². The zero-order valence-corrected chi connectivity index (χ0v) is 19.3. The van der Waals surface area contributed by atoms with Crippen molar-refractivity contribution in [3.8, 4) is 6.07 Å². The topological polar surface area (TPSA) is 107 Å². The molecule has 184 valence electrons. The third-order valence-electron chi connectivity index (χ3n) is 5.27. The van der Waals surface area contributed by atoms with Crippen LogP contribution in [0.5, 0.6) is 0 Å². The molecule has 3 aromatic rings. The van der Waals surface area contributed by atoms with E-state index in [1.165, 1.54) is 12.1 Å². The van der Waals surface area contributed by atoms with Gasteiger partial charge in [0.05, 0.1) is 50.5 Å². The summed E-state index contributed by atoms with van der Waals surface area (Å²) in [7, 11) is -4.75. The molecule has 0 saturated heterocycles. The second-order valence-electron chi connectivity index (χ2n) is 7.60. The largest absolute Gasteiger partial charge is 0.419 e. The lowest BCUT2D eigenvalue weighted by atomic mass is 10.1. The molecule has 0 bridgehead atoms. The second-order valence-corrected chi connectivity index (χ2v) is 9.69. The minimum atomic E-state index is -5.15. The van der Waals surface area contributed by atoms with E-state index in [-0.39, 0.29) is 28.8 Å². The fraction of sp³-hybridized carbons (Fsp3) is 0.0870. The molecule has 13 heteroatoms. The van der Waals surface area contributed by atoms with Crippen molar-refractivity contribution in [1.29, 1.82) is 5.26 Å². The summed E-state index contributed by atoms with van der Waals surface area (Å²) in [5.41, 5.74) is -2.16. The van der Waals surface area contributed by atoms with E-state index in [4.69, 9.17) is 16.9 Å². The van der Waals surface area contributed by atoms with Gasteiger partial charge in [0.25, 0.3) is 21.8 Å². The molecule has 0 spiro atoms. The number of nitrogens with zero attached hydrogens (tertiary/aromatic N) is 2. The normalized spacial score (nSPS) is 13.5. The highest BCUT2D eigenvalue weighted by Gasteiger charge is 2.40. The van der Waals surface area contributed by atoms with E-state index >= 15 is 0 Å². The highest BCUT2D eigenvalue weighted by molar-refractivity contribution is 7.92. The number of nitrogens with one attached hydrogen (secondary N) is 1. The van der Waals surface area contributed by atoms with Crippen LogP contribution in [0.3, 0.4) is 0 Å². The summed E-state index contributed by atoms with van der Waals surface area (Å²) in [5, 5.41) is 8.91. The first-order chi connectivity index (χ1) is 16.8. The van der Waals surface area contributed by atoms with E-state index in [9.17, 15) is 35.6 Å². The molecule has 36 heavy (non-hydrogen) atoms. The van der Waals surface area contributed by atoms with E-state index in [1.54, 1.807) is 12.1 Å². The second kappa shape index (κ2) is 8.92. The molecule has 0 unspecified atom stereocenters. The zero-order chi connectivity index (χ0) is 26.4. The van der Waals surface area contributed by atoms with Gasteiger partial charge in [-0.25, -0.2) is 12.8 Å². The van der Waals surface area contributed by atoms with E-state index in [0.29, 0.717) is 17.7 Å². The molecule has 3 aromatic carbocycles. The molecule has 1 aliphatic rings. The summed E-state index contributed by atoms with van der Waals surface area (Å²) in [4.78, 5) is 26.0. The van der Waals surface area contributed by atoms with Crippen LogP contribution in [-0.2, 0) is 22.7 Å². The molecule has 0 saturated carbocycles. The van der Waals surface area contributed by atoms with Gasteiger partial charge in [-0.05, 0) is 48.0 Å². The lowest BCUT2D eigenvalue weighted by Gasteiger charge is -2.15. The third kappa shape index (κ3) is 4.50. The fourth-order valence-corrected chi connectivity index (χ4v) is 4.95. The fourth-order valence-electron chi connectivity index (χ4n) is 3.61. The maximum atomic E-state index is 13.6. The summed E-state index contributed by atoms with van der Waals surface area (Å²) in [6.45, 7) is -0.253. The molecule has 1 heterocycles. The number of hydrogen-bond donors (Lipinski definition) is 1. The number of anilines is 1. The number of halogens is 5. The Morgan fingerprint density at radius 2 is 1.69 bits per heavy atom. The predicted octanol–water partition coefficient (Wildman–Crippen LogP) is 4.97. The van der Waals surface area contributed by atoms with Crippen LogP contribution < -0.4 is 4.72 Å². The lowest BCUT2D eigenvalue weighted by Crippen LogP contribution is -2.29. The molecule has 0 fully saturated rings. The molecule has 4 rings (SSSR count). The van der Waals surface area contributed by atoms with Crippen LogP contribution in [-0.4, -0.2) is 25.1 Å². The van der Waals surface area contributed by atoms with Gasteiger partial charge in [-0.15, -0.1) is 0 Å². The van der Waals surface area contributed by atoms with Crippen LogP contribution >= 0.6 is 11.6 Å². The monoisotopic (exact) mass is 537 g/mol. The molecule has 0 atom stereocenters. The maximum Gasteiger partial charge on any atom is 0.419 e. The average Bonchev–Trinajstić information content (AvgIpc) is 3.06. The van der Waals surface area contributed by atoms with Crippen molar-refractivity contribution in [3.63, 3.8) is 0 Å². The third-order valence-corrected chi connectivity index (χ3v) is 6.95. The van der Waals surface area contributed by atoms with Gasteiger partial charge in [-0.2, -0.15) is 18.4 Å². The molecule has 1 N–H and O–H groups in total. The van der Waals surface area contributed by atoms with Crippen LogP contribution in [0.1, 0.15) is 37.4 Å². The Morgan fingerprint density at radius 3 is 2.36 bits per heavy atom. The Kier molecular flexibility index (Phi) is 6.24. The van der Waals surface area contributed by atoms with Crippen LogP contribution in [0.25, 0.3) is 0 Å². The number of nitriles is 1. The van der Waals surface area contributed by atoms with Gasteiger partial charge >= 0.3 is 6.18 Å².